The third-order valence-electron chi connectivity index (χ3n) is 2.99. The highest BCUT2D eigenvalue weighted by Crippen LogP contribution is 2.17. The number of ether oxygens (including phenoxy) is 1. The van der Waals surface area contributed by atoms with Crippen LogP contribution in [0.4, 0.5) is 0 Å². The van der Waals surface area contributed by atoms with E-state index in [0.717, 1.165) is 10.0 Å². The molecule has 1 aliphatic rings. The minimum absolute atomic E-state index is 0.0820. The van der Waals surface area contributed by atoms with Crippen LogP contribution in [0.15, 0.2) is 28.7 Å². The summed E-state index contributed by atoms with van der Waals surface area (Å²) in [6.45, 7) is 0.810. The van der Waals surface area contributed by atoms with E-state index < -0.39 is 12.1 Å². The van der Waals surface area contributed by atoms with E-state index >= 15 is 0 Å². The van der Waals surface area contributed by atoms with Gasteiger partial charge in [0.1, 0.15) is 0 Å². The third kappa shape index (κ3) is 3.54. The van der Waals surface area contributed by atoms with Gasteiger partial charge in [-0.15, -0.1) is 0 Å². The maximum absolute atomic E-state index is 12.1. The van der Waals surface area contributed by atoms with E-state index in [1.165, 1.54) is 0 Å². The molecule has 1 saturated heterocycles. The molecular formula is C13H14BrNO4. The van der Waals surface area contributed by atoms with Crippen molar-refractivity contribution in [2.75, 3.05) is 19.7 Å². The number of rotatable bonds is 3. The lowest BCUT2D eigenvalue weighted by atomic mass is 10.1. The first kappa shape index (κ1) is 14.0. The number of carbonyl (C=O) groups is 2. The molecule has 0 saturated carbocycles. The van der Waals surface area contributed by atoms with Gasteiger partial charge >= 0.3 is 5.97 Å². The highest BCUT2D eigenvalue weighted by atomic mass is 79.9. The molecule has 1 aromatic rings. The van der Waals surface area contributed by atoms with Crippen LogP contribution < -0.4 is 0 Å². The zero-order valence-corrected chi connectivity index (χ0v) is 11.8. The molecule has 2 rings (SSSR count). The molecule has 1 N–H and O–H groups in total. The summed E-state index contributed by atoms with van der Waals surface area (Å²) in [4.78, 5) is 24.6. The van der Waals surface area contributed by atoms with Crippen LogP contribution in [0.1, 0.15) is 5.56 Å². The molecule has 19 heavy (non-hydrogen) atoms. The molecule has 1 atom stereocenters. The number of nitrogens with zero attached hydrogens (tertiary/aromatic N) is 1. The van der Waals surface area contributed by atoms with Gasteiger partial charge in [0, 0.05) is 11.0 Å². The molecule has 0 unspecified atom stereocenters. The second-order valence-corrected chi connectivity index (χ2v) is 5.16. The Morgan fingerprint density at radius 2 is 2.16 bits per heavy atom. The Balaban J connectivity index is 2.00. The lowest BCUT2D eigenvalue weighted by Crippen LogP contribution is -2.49. The van der Waals surface area contributed by atoms with Gasteiger partial charge in [-0.05, 0) is 11.6 Å². The summed E-state index contributed by atoms with van der Waals surface area (Å²) >= 11 is 3.39. The van der Waals surface area contributed by atoms with E-state index in [2.05, 4.69) is 15.9 Å². The quantitative estimate of drug-likeness (QED) is 0.908. The van der Waals surface area contributed by atoms with Gasteiger partial charge < -0.3 is 14.7 Å². The second kappa shape index (κ2) is 6.16. The molecule has 1 aliphatic heterocycles. The summed E-state index contributed by atoms with van der Waals surface area (Å²) in [5, 5.41) is 8.90. The van der Waals surface area contributed by atoms with Crippen molar-refractivity contribution >= 4 is 27.8 Å². The molecule has 1 aromatic carbocycles. The Labute approximate surface area is 119 Å². The smallest absolute Gasteiger partial charge is 0.334 e. The third-order valence-corrected chi connectivity index (χ3v) is 3.77. The Kier molecular flexibility index (Phi) is 4.55. The first-order valence-electron chi connectivity index (χ1n) is 5.93. The fourth-order valence-electron chi connectivity index (χ4n) is 1.94. The van der Waals surface area contributed by atoms with Crippen molar-refractivity contribution in [1.82, 2.24) is 4.90 Å². The van der Waals surface area contributed by atoms with Crippen molar-refractivity contribution in [3.8, 4) is 0 Å². The number of halogens is 1. The van der Waals surface area contributed by atoms with Crippen molar-refractivity contribution in [3.63, 3.8) is 0 Å². The van der Waals surface area contributed by atoms with E-state index in [1.807, 2.05) is 24.3 Å². The fraction of sp³-hybridized carbons (Fsp3) is 0.385. The van der Waals surface area contributed by atoms with E-state index in [-0.39, 0.29) is 25.5 Å². The summed E-state index contributed by atoms with van der Waals surface area (Å²) in [5.41, 5.74) is 0.894. The molecule has 1 amide bonds. The van der Waals surface area contributed by atoms with Gasteiger partial charge in [-0.3, -0.25) is 4.79 Å². The number of carboxylic acid groups (broad SMARTS) is 1. The van der Waals surface area contributed by atoms with Crippen molar-refractivity contribution < 1.29 is 19.4 Å². The molecular weight excluding hydrogens is 314 g/mol. The molecule has 1 fully saturated rings. The lowest BCUT2D eigenvalue weighted by molar-refractivity contribution is -0.159. The SMILES string of the molecule is O=C(O)[C@H]1CN(C(=O)Cc2ccccc2Br)CCO1. The van der Waals surface area contributed by atoms with Crippen molar-refractivity contribution in [2.45, 2.75) is 12.5 Å². The van der Waals surface area contributed by atoms with Gasteiger partial charge in [0.25, 0.3) is 0 Å². The van der Waals surface area contributed by atoms with Gasteiger partial charge in [0.15, 0.2) is 6.10 Å². The maximum Gasteiger partial charge on any atom is 0.334 e. The van der Waals surface area contributed by atoms with Gasteiger partial charge in [-0.1, -0.05) is 34.1 Å². The predicted octanol–water partition coefficient (Wildman–Crippen LogP) is 1.30. The molecule has 5 nitrogen and oxygen atoms in total. The topological polar surface area (TPSA) is 66.8 Å². The average Bonchev–Trinajstić information content (AvgIpc) is 2.41. The van der Waals surface area contributed by atoms with Crippen molar-refractivity contribution in [1.29, 1.82) is 0 Å². The zero-order valence-electron chi connectivity index (χ0n) is 10.2. The maximum atomic E-state index is 12.1. The summed E-state index contributed by atoms with van der Waals surface area (Å²) in [6, 6.07) is 7.50. The van der Waals surface area contributed by atoms with Crippen LogP contribution in [0.25, 0.3) is 0 Å². The number of aliphatic carboxylic acids is 1. The normalized spacial score (nSPS) is 19.2. The Morgan fingerprint density at radius 1 is 1.42 bits per heavy atom. The van der Waals surface area contributed by atoms with Gasteiger partial charge in [-0.2, -0.15) is 0 Å². The molecule has 0 bridgehead atoms. The largest absolute Gasteiger partial charge is 0.479 e. The molecule has 0 aromatic heterocycles. The number of hydrogen-bond acceptors (Lipinski definition) is 3. The monoisotopic (exact) mass is 327 g/mol. The lowest BCUT2D eigenvalue weighted by Gasteiger charge is -2.31. The van der Waals surface area contributed by atoms with E-state index in [9.17, 15) is 9.59 Å². The van der Waals surface area contributed by atoms with Crippen LogP contribution in [0, 0.1) is 0 Å². The number of amides is 1. The van der Waals surface area contributed by atoms with Crippen LogP contribution in [0.2, 0.25) is 0 Å². The van der Waals surface area contributed by atoms with Gasteiger partial charge in [0.05, 0.1) is 19.6 Å². The second-order valence-electron chi connectivity index (χ2n) is 4.31. The number of hydrogen-bond donors (Lipinski definition) is 1. The van der Waals surface area contributed by atoms with Crippen LogP contribution in [-0.2, 0) is 20.7 Å². The molecule has 0 radical (unpaired) electrons. The van der Waals surface area contributed by atoms with E-state index in [1.54, 1.807) is 4.90 Å². The van der Waals surface area contributed by atoms with Crippen LogP contribution in [-0.4, -0.2) is 47.7 Å². The van der Waals surface area contributed by atoms with Crippen LogP contribution in [0.5, 0.6) is 0 Å². The Bertz CT molecular complexity index is 491. The molecule has 6 heteroatoms. The van der Waals surface area contributed by atoms with E-state index in [0.29, 0.717) is 6.54 Å². The number of carbonyl (C=O) groups excluding carboxylic acids is 1. The number of carboxylic acids is 1. The minimum Gasteiger partial charge on any atom is -0.479 e. The fourth-order valence-corrected chi connectivity index (χ4v) is 2.37. The number of benzene rings is 1. The first-order chi connectivity index (χ1) is 9.08. The highest BCUT2D eigenvalue weighted by molar-refractivity contribution is 9.10. The molecule has 102 valence electrons. The molecule has 0 aliphatic carbocycles. The van der Waals surface area contributed by atoms with E-state index in [4.69, 9.17) is 9.84 Å². The zero-order chi connectivity index (χ0) is 13.8. The standard InChI is InChI=1S/C13H14BrNO4/c14-10-4-2-1-3-9(10)7-12(16)15-5-6-19-11(8-15)13(17)18/h1-4,11H,5-8H2,(H,17,18)/t11-/m1/s1. The summed E-state index contributed by atoms with van der Waals surface area (Å²) < 4.78 is 5.97. The first-order valence-corrected chi connectivity index (χ1v) is 6.73. The average molecular weight is 328 g/mol. The van der Waals surface area contributed by atoms with Crippen LogP contribution >= 0.6 is 15.9 Å². The Hall–Kier alpha value is -1.40. The summed E-state index contributed by atoms with van der Waals surface area (Å²) in [7, 11) is 0. The van der Waals surface area contributed by atoms with Gasteiger partial charge in [-0.25, -0.2) is 4.79 Å². The predicted molar refractivity (Wildman–Crippen MR) is 71.8 cm³/mol. The van der Waals surface area contributed by atoms with Crippen molar-refractivity contribution in [2.24, 2.45) is 0 Å². The van der Waals surface area contributed by atoms with Gasteiger partial charge in [0.2, 0.25) is 5.91 Å². The number of morpholine rings is 1. The summed E-state index contributed by atoms with van der Waals surface area (Å²) in [6.07, 6.45) is -0.662. The molecule has 0 spiro atoms. The van der Waals surface area contributed by atoms with Crippen molar-refractivity contribution in [3.05, 3.63) is 34.3 Å². The van der Waals surface area contributed by atoms with Crippen LogP contribution in [0.3, 0.4) is 0 Å². The Morgan fingerprint density at radius 3 is 2.84 bits per heavy atom. The summed E-state index contributed by atoms with van der Waals surface area (Å²) in [5.74, 6) is -1.11. The minimum atomic E-state index is -1.03. The molecule has 1 heterocycles. The highest BCUT2D eigenvalue weighted by Gasteiger charge is 2.28.